The van der Waals surface area contributed by atoms with Crippen molar-refractivity contribution in [3.63, 3.8) is 0 Å². The number of hydrogen-bond donors (Lipinski definition) is 0. The molecular formula is C22H22Cl2N2O2S. The van der Waals surface area contributed by atoms with E-state index >= 15 is 0 Å². The molecule has 29 heavy (non-hydrogen) atoms. The predicted molar refractivity (Wildman–Crippen MR) is 118 cm³/mol. The fraction of sp³-hybridized carbons (Fsp3) is 0.273. The second kappa shape index (κ2) is 9.70. The van der Waals surface area contributed by atoms with Crippen molar-refractivity contribution in [2.24, 2.45) is 0 Å². The molecule has 1 heterocycles. The van der Waals surface area contributed by atoms with Crippen molar-refractivity contribution in [1.82, 2.24) is 9.55 Å². The largest absolute Gasteiger partial charge is 0.458 e. The monoisotopic (exact) mass is 448 g/mol. The van der Waals surface area contributed by atoms with Crippen LogP contribution in [-0.4, -0.2) is 15.5 Å². The first-order valence-corrected chi connectivity index (χ1v) is 10.8. The van der Waals surface area contributed by atoms with Crippen molar-refractivity contribution in [3.8, 4) is 0 Å². The summed E-state index contributed by atoms with van der Waals surface area (Å²) in [6.45, 7) is 6.34. The predicted octanol–water partition coefficient (Wildman–Crippen LogP) is 6.58. The van der Waals surface area contributed by atoms with Crippen molar-refractivity contribution in [2.45, 2.75) is 49.8 Å². The van der Waals surface area contributed by atoms with E-state index in [4.69, 9.17) is 32.9 Å². The van der Waals surface area contributed by atoms with Crippen molar-refractivity contribution < 1.29 is 9.53 Å². The van der Waals surface area contributed by atoms with Crippen molar-refractivity contribution >= 4 is 40.9 Å². The Balaban J connectivity index is 2.08. The molecule has 3 rings (SSSR count). The first kappa shape index (κ1) is 21.8. The average Bonchev–Trinajstić information content (AvgIpc) is 2.97. The molecule has 0 atom stereocenters. The van der Waals surface area contributed by atoms with Gasteiger partial charge in [-0.1, -0.05) is 79.1 Å². The van der Waals surface area contributed by atoms with E-state index in [0.29, 0.717) is 22.4 Å². The summed E-state index contributed by atoms with van der Waals surface area (Å²) in [5, 5.41) is 2.16. The lowest BCUT2D eigenvalue weighted by Gasteiger charge is -2.14. The summed E-state index contributed by atoms with van der Waals surface area (Å²) in [5.41, 5.74) is 2.08. The van der Waals surface area contributed by atoms with E-state index in [1.165, 1.54) is 6.92 Å². The summed E-state index contributed by atoms with van der Waals surface area (Å²) < 4.78 is 7.37. The van der Waals surface area contributed by atoms with Crippen LogP contribution in [0.2, 0.25) is 10.0 Å². The minimum absolute atomic E-state index is 0.124. The van der Waals surface area contributed by atoms with E-state index in [0.717, 1.165) is 21.2 Å². The van der Waals surface area contributed by atoms with Gasteiger partial charge in [-0.25, -0.2) is 4.98 Å². The maximum Gasteiger partial charge on any atom is 0.303 e. The number of rotatable bonds is 7. The maximum atomic E-state index is 11.4. The number of hydrogen-bond acceptors (Lipinski definition) is 4. The Morgan fingerprint density at radius 3 is 2.38 bits per heavy atom. The van der Waals surface area contributed by atoms with Gasteiger partial charge in [0, 0.05) is 28.4 Å². The fourth-order valence-electron chi connectivity index (χ4n) is 2.89. The molecule has 0 spiro atoms. The second-order valence-electron chi connectivity index (χ2n) is 6.93. The number of carbonyl (C=O) groups is 1. The highest BCUT2D eigenvalue weighted by molar-refractivity contribution is 7.99. The van der Waals surface area contributed by atoms with Crippen molar-refractivity contribution in [2.75, 3.05) is 0 Å². The van der Waals surface area contributed by atoms with Crippen LogP contribution in [0, 0.1) is 0 Å². The van der Waals surface area contributed by atoms with Gasteiger partial charge in [0.25, 0.3) is 0 Å². The third kappa shape index (κ3) is 5.78. The molecule has 4 nitrogen and oxygen atoms in total. The summed E-state index contributed by atoms with van der Waals surface area (Å²) in [6, 6.07) is 15.6. The van der Waals surface area contributed by atoms with Gasteiger partial charge in [-0.2, -0.15) is 0 Å². The Morgan fingerprint density at radius 2 is 1.79 bits per heavy atom. The Bertz CT molecular complexity index is 983. The molecule has 3 aromatic rings. The molecule has 0 saturated carbocycles. The van der Waals surface area contributed by atoms with Crippen LogP contribution in [0.3, 0.4) is 0 Å². The molecule has 0 aliphatic heterocycles. The van der Waals surface area contributed by atoms with Gasteiger partial charge >= 0.3 is 5.97 Å². The van der Waals surface area contributed by atoms with Crippen LogP contribution in [0.15, 0.2) is 58.5 Å². The summed E-state index contributed by atoms with van der Waals surface area (Å²) in [6.07, 6.45) is 0. The van der Waals surface area contributed by atoms with Crippen LogP contribution in [-0.2, 0) is 22.7 Å². The lowest BCUT2D eigenvalue weighted by Crippen LogP contribution is -2.09. The standard InChI is InChI=1S/C22H22Cl2N2O2S/c1-14(2)21-22(29-19-10-17(23)9-18(24)11-19)26(12-16-7-5-4-6-8-16)20(25-21)13-28-15(3)27/h4-11,14H,12-13H2,1-3H3. The molecule has 0 amide bonds. The van der Waals surface area contributed by atoms with E-state index in [1.54, 1.807) is 17.8 Å². The van der Waals surface area contributed by atoms with Crippen LogP contribution in [0.4, 0.5) is 0 Å². The lowest BCUT2D eigenvalue weighted by atomic mass is 10.1. The van der Waals surface area contributed by atoms with Gasteiger partial charge in [0.05, 0.1) is 5.69 Å². The fourth-order valence-corrected chi connectivity index (χ4v) is 4.81. The van der Waals surface area contributed by atoms with Crippen LogP contribution < -0.4 is 0 Å². The lowest BCUT2D eigenvalue weighted by molar-refractivity contribution is -0.142. The van der Waals surface area contributed by atoms with Crippen LogP contribution in [0.25, 0.3) is 0 Å². The number of ether oxygens (including phenoxy) is 1. The third-order valence-corrected chi connectivity index (χ3v) is 5.74. The zero-order chi connectivity index (χ0) is 21.0. The number of benzene rings is 2. The smallest absolute Gasteiger partial charge is 0.303 e. The van der Waals surface area contributed by atoms with Gasteiger partial charge in [-0.15, -0.1) is 0 Å². The Kier molecular flexibility index (Phi) is 7.28. The molecule has 0 radical (unpaired) electrons. The maximum absolute atomic E-state index is 11.4. The minimum atomic E-state index is -0.332. The number of imidazole rings is 1. The Morgan fingerprint density at radius 1 is 1.14 bits per heavy atom. The first-order chi connectivity index (χ1) is 13.8. The third-order valence-electron chi connectivity index (χ3n) is 4.21. The molecule has 0 aliphatic rings. The summed E-state index contributed by atoms with van der Waals surface area (Å²) in [4.78, 5) is 17.1. The second-order valence-corrected chi connectivity index (χ2v) is 8.87. The highest BCUT2D eigenvalue weighted by Crippen LogP contribution is 2.37. The summed E-state index contributed by atoms with van der Waals surface area (Å²) >= 11 is 14.0. The topological polar surface area (TPSA) is 44.1 Å². The first-order valence-electron chi connectivity index (χ1n) is 9.24. The molecule has 1 aromatic heterocycles. The number of carbonyl (C=O) groups excluding carboxylic acids is 1. The van der Waals surface area contributed by atoms with Gasteiger partial charge < -0.3 is 9.30 Å². The zero-order valence-corrected chi connectivity index (χ0v) is 18.8. The van der Waals surface area contributed by atoms with Crippen molar-refractivity contribution in [3.05, 3.63) is 75.7 Å². The van der Waals surface area contributed by atoms with Crippen LogP contribution >= 0.6 is 35.0 Å². The minimum Gasteiger partial charge on any atom is -0.458 e. The summed E-state index contributed by atoms with van der Waals surface area (Å²) in [5.74, 6) is 0.574. The Hall–Kier alpha value is -1.95. The van der Waals surface area contributed by atoms with Gasteiger partial charge in [-0.05, 0) is 29.7 Å². The molecule has 152 valence electrons. The molecular weight excluding hydrogens is 427 g/mol. The molecule has 7 heteroatoms. The molecule has 0 saturated heterocycles. The van der Waals surface area contributed by atoms with Crippen LogP contribution in [0.1, 0.15) is 43.8 Å². The van der Waals surface area contributed by atoms with Gasteiger partial charge in [0.2, 0.25) is 0 Å². The number of nitrogens with zero attached hydrogens (tertiary/aromatic N) is 2. The van der Waals surface area contributed by atoms with E-state index in [2.05, 4.69) is 30.5 Å². The van der Waals surface area contributed by atoms with E-state index in [9.17, 15) is 4.79 Å². The van der Waals surface area contributed by atoms with E-state index in [-0.39, 0.29) is 18.5 Å². The van der Waals surface area contributed by atoms with E-state index < -0.39 is 0 Å². The van der Waals surface area contributed by atoms with Crippen molar-refractivity contribution in [1.29, 1.82) is 0 Å². The number of aromatic nitrogens is 2. The molecule has 0 aliphatic carbocycles. The average molecular weight is 449 g/mol. The summed E-state index contributed by atoms with van der Waals surface area (Å²) in [7, 11) is 0. The number of esters is 1. The van der Waals surface area contributed by atoms with Gasteiger partial charge in [0.15, 0.2) is 0 Å². The molecule has 0 unspecified atom stereocenters. The molecule has 0 N–H and O–H groups in total. The number of halogens is 2. The zero-order valence-electron chi connectivity index (χ0n) is 16.5. The Labute approximate surface area is 185 Å². The highest BCUT2D eigenvalue weighted by Gasteiger charge is 2.21. The SMILES string of the molecule is CC(=O)OCc1nc(C(C)C)c(Sc2cc(Cl)cc(Cl)c2)n1Cc1ccccc1. The highest BCUT2D eigenvalue weighted by atomic mass is 35.5. The molecule has 0 bridgehead atoms. The van der Waals surface area contributed by atoms with Gasteiger partial charge in [-0.3, -0.25) is 4.79 Å². The molecule has 0 fully saturated rings. The van der Waals surface area contributed by atoms with Crippen LogP contribution in [0.5, 0.6) is 0 Å². The quantitative estimate of drug-likeness (QED) is 0.383. The van der Waals surface area contributed by atoms with E-state index in [1.807, 2.05) is 30.3 Å². The molecule has 2 aromatic carbocycles. The van der Waals surface area contributed by atoms with Gasteiger partial charge in [0.1, 0.15) is 17.5 Å². The normalized spacial score (nSPS) is 11.1.